The van der Waals surface area contributed by atoms with Crippen molar-refractivity contribution in [1.82, 2.24) is 0 Å². The van der Waals surface area contributed by atoms with Crippen molar-refractivity contribution in [3.63, 3.8) is 0 Å². The fourth-order valence-corrected chi connectivity index (χ4v) is 1.89. The summed E-state index contributed by atoms with van der Waals surface area (Å²) >= 11 is 0. The number of nitrogens with zero attached hydrogens (tertiary/aromatic N) is 2. The number of halogens is 1. The Bertz CT molecular complexity index is 498. The first kappa shape index (κ1) is 17.3. The lowest BCUT2D eigenvalue weighted by Gasteiger charge is -2.25. The first-order valence-corrected chi connectivity index (χ1v) is 6.85. The number of nitrogens with one attached hydrogen (secondary N) is 1. The third-order valence-corrected chi connectivity index (χ3v) is 3.64. The van der Waals surface area contributed by atoms with Crippen LogP contribution in [-0.4, -0.2) is 32.1 Å². The van der Waals surface area contributed by atoms with E-state index in [0.29, 0.717) is 0 Å². The summed E-state index contributed by atoms with van der Waals surface area (Å²) in [4.78, 5) is 17.7. The molecule has 0 aliphatic heterocycles. The molecular formula is C15H22ClN3O2. The van der Waals surface area contributed by atoms with Gasteiger partial charge < -0.3 is 9.64 Å². The quantitative estimate of drug-likeness (QED) is 0.684. The van der Waals surface area contributed by atoms with Crippen molar-refractivity contribution in [2.75, 3.05) is 24.3 Å². The Morgan fingerprint density at radius 1 is 1.33 bits per heavy atom. The van der Waals surface area contributed by atoms with E-state index in [0.717, 1.165) is 36.5 Å². The lowest BCUT2D eigenvalue weighted by molar-refractivity contribution is 0.0624. The molecule has 1 aliphatic carbocycles. The molecule has 21 heavy (non-hydrogen) atoms. The van der Waals surface area contributed by atoms with Gasteiger partial charge in [0.1, 0.15) is 6.10 Å². The zero-order valence-corrected chi connectivity index (χ0v) is 13.4. The average molecular weight is 312 g/mol. The van der Waals surface area contributed by atoms with Crippen LogP contribution in [0.15, 0.2) is 29.3 Å². The highest BCUT2D eigenvalue weighted by Gasteiger charge is 2.21. The number of anilines is 2. The minimum atomic E-state index is -0.373. The van der Waals surface area contributed by atoms with Crippen LogP contribution in [0.5, 0.6) is 0 Å². The van der Waals surface area contributed by atoms with E-state index in [-0.39, 0.29) is 24.6 Å². The molecule has 1 N–H and O–H groups in total. The molecule has 0 bridgehead atoms. The highest BCUT2D eigenvalue weighted by Crippen LogP contribution is 2.23. The molecule has 0 spiro atoms. The number of rotatable bonds is 3. The standard InChI is InChI=1S/C15H21N3O2.ClH/c1-11(16-2)18(3)13-9-7-12(8-10-13)17-15(19)20-14-5-4-6-14;/h7-10,14H,4-6H2,1-3H3,(H,17,19);1H. The van der Waals surface area contributed by atoms with Crippen molar-refractivity contribution in [2.45, 2.75) is 32.3 Å². The molecule has 116 valence electrons. The van der Waals surface area contributed by atoms with Crippen LogP contribution in [0.2, 0.25) is 0 Å². The molecule has 1 amide bonds. The van der Waals surface area contributed by atoms with Crippen molar-refractivity contribution in [3.8, 4) is 0 Å². The van der Waals surface area contributed by atoms with E-state index < -0.39 is 0 Å². The molecule has 5 nitrogen and oxygen atoms in total. The van der Waals surface area contributed by atoms with Crippen LogP contribution < -0.4 is 10.2 Å². The van der Waals surface area contributed by atoms with Crippen LogP contribution in [0, 0.1) is 0 Å². The lowest BCUT2D eigenvalue weighted by atomic mass is 9.96. The molecule has 1 aromatic rings. The summed E-state index contributed by atoms with van der Waals surface area (Å²) in [6.07, 6.45) is 2.84. The molecule has 1 saturated carbocycles. The van der Waals surface area contributed by atoms with Gasteiger partial charge in [0.05, 0.1) is 5.84 Å². The highest BCUT2D eigenvalue weighted by atomic mass is 35.5. The van der Waals surface area contributed by atoms with Crippen LogP contribution >= 0.6 is 12.4 Å². The summed E-state index contributed by atoms with van der Waals surface area (Å²) in [6, 6.07) is 7.59. The average Bonchev–Trinajstić information content (AvgIpc) is 2.42. The van der Waals surface area contributed by atoms with E-state index in [4.69, 9.17) is 4.74 Å². The number of amides is 1. The Balaban J connectivity index is 0.00000220. The maximum absolute atomic E-state index is 11.6. The maximum atomic E-state index is 11.6. The second-order valence-electron chi connectivity index (χ2n) is 4.96. The van der Waals surface area contributed by atoms with Crippen LogP contribution in [0.25, 0.3) is 0 Å². The number of amidine groups is 1. The number of hydrogen-bond donors (Lipinski definition) is 1. The molecule has 0 atom stereocenters. The van der Waals surface area contributed by atoms with Crippen molar-refractivity contribution >= 4 is 35.7 Å². The molecule has 1 fully saturated rings. The van der Waals surface area contributed by atoms with Crippen molar-refractivity contribution < 1.29 is 9.53 Å². The molecule has 0 unspecified atom stereocenters. The summed E-state index contributed by atoms with van der Waals surface area (Å²) in [6.45, 7) is 1.95. The van der Waals surface area contributed by atoms with Crippen LogP contribution in [0.4, 0.5) is 16.2 Å². The normalized spacial score (nSPS) is 14.7. The van der Waals surface area contributed by atoms with E-state index in [2.05, 4.69) is 10.3 Å². The molecule has 6 heteroatoms. The molecule has 2 rings (SSSR count). The zero-order chi connectivity index (χ0) is 14.5. The van der Waals surface area contributed by atoms with E-state index in [1.54, 1.807) is 7.05 Å². The number of carbonyl (C=O) groups excluding carboxylic acids is 1. The van der Waals surface area contributed by atoms with Gasteiger partial charge in [-0.1, -0.05) is 0 Å². The van der Waals surface area contributed by atoms with Gasteiger partial charge in [0.25, 0.3) is 0 Å². The van der Waals surface area contributed by atoms with Gasteiger partial charge in [-0.05, 0) is 50.5 Å². The van der Waals surface area contributed by atoms with E-state index in [9.17, 15) is 4.79 Å². The molecule has 0 saturated heterocycles. The number of ether oxygens (including phenoxy) is 1. The first-order chi connectivity index (χ1) is 9.60. The number of carbonyl (C=O) groups is 1. The maximum Gasteiger partial charge on any atom is 0.411 e. The Kier molecular flexibility index (Phi) is 6.49. The van der Waals surface area contributed by atoms with E-state index in [1.807, 2.05) is 43.1 Å². The largest absolute Gasteiger partial charge is 0.446 e. The summed E-state index contributed by atoms with van der Waals surface area (Å²) in [7, 11) is 3.72. The van der Waals surface area contributed by atoms with Gasteiger partial charge in [-0.15, -0.1) is 12.4 Å². The van der Waals surface area contributed by atoms with Crippen molar-refractivity contribution in [3.05, 3.63) is 24.3 Å². The SMILES string of the molecule is CN=C(C)N(C)c1ccc(NC(=O)OC2CCC2)cc1.Cl. The predicted molar refractivity (Wildman–Crippen MR) is 88.9 cm³/mol. The number of aliphatic imine (C=N–C) groups is 1. The predicted octanol–water partition coefficient (Wildman–Crippen LogP) is 3.69. The van der Waals surface area contributed by atoms with Gasteiger partial charge in [-0.2, -0.15) is 0 Å². The molecule has 0 radical (unpaired) electrons. The Morgan fingerprint density at radius 3 is 2.43 bits per heavy atom. The third-order valence-electron chi connectivity index (χ3n) is 3.64. The van der Waals surface area contributed by atoms with Gasteiger partial charge in [-0.3, -0.25) is 10.3 Å². The fraction of sp³-hybridized carbons (Fsp3) is 0.467. The van der Waals surface area contributed by atoms with E-state index in [1.165, 1.54) is 0 Å². The smallest absolute Gasteiger partial charge is 0.411 e. The second kappa shape index (κ2) is 7.88. The monoisotopic (exact) mass is 311 g/mol. The zero-order valence-electron chi connectivity index (χ0n) is 12.6. The number of hydrogen-bond acceptors (Lipinski definition) is 3. The summed E-state index contributed by atoms with van der Waals surface area (Å²) in [5.74, 6) is 0.926. The van der Waals surface area contributed by atoms with Gasteiger partial charge in [0.2, 0.25) is 0 Å². The fourth-order valence-electron chi connectivity index (χ4n) is 1.89. The Hall–Kier alpha value is -1.75. The third kappa shape index (κ3) is 4.63. The topological polar surface area (TPSA) is 53.9 Å². The highest BCUT2D eigenvalue weighted by molar-refractivity contribution is 5.95. The Morgan fingerprint density at radius 2 is 1.95 bits per heavy atom. The van der Waals surface area contributed by atoms with E-state index >= 15 is 0 Å². The van der Waals surface area contributed by atoms with Crippen molar-refractivity contribution in [1.29, 1.82) is 0 Å². The first-order valence-electron chi connectivity index (χ1n) is 6.85. The van der Waals surface area contributed by atoms with Crippen LogP contribution in [0.1, 0.15) is 26.2 Å². The van der Waals surface area contributed by atoms with Gasteiger partial charge >= 0.3 is 6.09 Å². The molecule has 0 aromatic heterocycles. The summed E-state index contributed by atoms with van der Waals surface area (Å²) in [5.41, 5.74) is 1.75. The lowest BCUT2D eigenvalue weighted by Crippen LogP contribution is -2.27. The van der Waals surface area contributed by atoms with Crippen LogP contribution in [-0.2, 0) is 4.74 Å². The second-order valence-corrected chi connectivity index (χ2v) is 4.96. The summed E-state index contributed by atoms with van der Waals surface area (Å²) in [5, 5.41) is 2.74. The minimum Gasteiger partial charge on any atom is -0.446 e. The Labute approximate surface area is 131 Å². The summed E-state index contributed by atoms with van der Waals surface area (Å²) < 4.78 is 5.24. The molecule has 1 aromatic carbocycles. The van der Waals surface area contributed by atoms with Crippen molar-refractivity contribution in [2.24, 2.45) is 4.99 Å². The molecule has 0 heterocycles. The molecular weight excluding hydrogens is 290 g/mol. The van der Waals surface area contributed by atoms with Crippen LogP contribution in [0.3, 0.4) is 0 Å². The van der Waals surface area contributed by atoms with Gasteiger partial charge in [-0.25, -0.2) is 4.79 Å². The minimum absolute atomic E-state index is 0. The molecule has 1 aliphatic rings. The number of benzene rings is 1. The van der Waals surface area contributed by atoms with Gasteiger partial charge in [0, 0.05) is 25.5 Å². The van der Waals surface area contributed by atoms with Gasteiger partial charge in [0.15, 0.2) is 0 Å².